The highest BCUT2D eigenvalue weighted by atomic mass is 79.9. The van der Waals surface area contributed by atoms with Gasteiger partial charge in [-0.3, -0.25) is 4.98 Å². The molecule has 2 atom stereocenters. The summed E-state index contributed by atoms with van der Waals surface area (Å²) in [5.74, 6) is 1.12. The smallest absolute Gasteiger partial charge is 0.0552 e. The van der Waals surface area contributed by atoms with E-state index in [1.807, 2.05) is 24.0 Å². The van der Waals surface area contributed by atoms with Crippen molar-refractivity contribution in [1.29, 1.82) is 0 Å². The highest BCUT2D eigenvalue weighted by molar-refractivity contribution is 9.10. The van der Waals surface area contributed by atoms with Crippen molar-refractivity contribution < 1.29 is 0 Å². The molecule has 0 N–H and O–H groups in total. The summed E-state index contributed by atoms with van der Waals surface area (Å²) in [6.45, 7) is 4.63. The maximum Gasteiger partial charge on any atom is 0.0552 e. The molecule has 6 rings (SSSR count). The number of rotatable bonds is 7. The molecule has 0 spiro atoms. The molecule has 0 aliphatic carbocycles. The van der Waals surface area contributed by atoms with Crippen molar-refractivity contribution in [3.63, 3.8) is 0 Å². The molecule has 1 saturated heterocycles. The van der Waals surface area contributed by atoms with Crippen LogP contribution in [-0.4, -0.2) is 62.1 Å². The molecule has 2 aliphatic rings. The number of pyridine rings is 1. The number of hydrogen-bond donors (Lipinski definition) is 0. The van der Waals surface area contributed by atoms with Crippen LogP contribution in [0.15, 0.2) is 111 Å². The molecule has 0 amide bonds. The van der Waals surface area contributed by atoms with E-state index in [1.165, 1.54) is 46.2 Å². The van der Waals surface area contributed by atoms with Crippen LogP contribution in [0.3, 0.4) is 0 Å². The molecule has 4 aromatic rings. The lowest BCUT2D eigenvalue weighted by molar-refractivity contribution is 0.389. The van der Waals surface area contributed by atoms with Crippen molar-refractivity contribution in [3.8, 4) is 0 Å². The second-order valence-corrected chi connectivity index (χ2v) is 13.0. The van der Waals surface area contributed by atoms with Crippen LogP contribution in [0.4, 0.5) is 11.4 Å². The van der Waals surface area contributed by atoms with Gasteiger partial charge in [0.2, 0.25) is 0 Å². The van der Waals surface area contributed by atoms with Gasteiger partial charge < -0.3 is 14.7 Å². The Morgan fingerprint density at radius 2 is 1.55 bits per heavy atom. The summed E-state index contributed by atoms with van der Waals surface area (Å²) >= 11 is 5.38. The first kappa shape index (κ1) is 28.9. The molecule has 1 aromatic heterocycles. The first-order valence-electron chi connectivity index (χ1n) is 14.1. The monoisotopic (exact) mass is 614 g/mol. The van der Waals surface area contributed by atoms with E-state index in [4.69, 9.17) is 0 Å². The van der Waals surface area contributed by atoms with E-state index in [9.17, 15) is 0 Å². The molecule has 0 saturated carbocycles. The lowest BCUT2D eigenvalue weighted by atomic mass is 9.92. The average molecular weight is 616 g/mol. The zero-order chi connectivity index (χ0) is 27.9. The van der Waals surface area contributed by atoms with Gasteiger partial charge in [-0.1, -0.05) is 70.2 Å². The SMILES string of the molecule is CN(C)CCC(c1ccc(Br)cc1)c1ccccn1.CN1CCC(CN2c3ccccc3Sc3ccccc32)C1. The molecular formula is C34H39BrN4S. The third-order valence-corrected chi connectivity index (χ3v) is 9.30. The molecule has 3 heterocycles. The second kappa shape index (κ2) is 13.8. The van der Waals surface area contributed by atoms with Crippen LogP contribution >= 0.6 is 27.7 Å². The van der Waals surface area contributed by atoms with E-state index in [0.29, 0.717) is 5.92 Å². The van der Waals surface area contributed by atoms with Gasteiger partial charge in [-0.05, 0) is 107 Å². The van der Waals surface area contributed by atoms with Crippen LogP contribution in [0.2, 0.25) is 0 Å². The summed E-state index contributed by atoms with van der Waals surface area (Å²) < 4.78 is 1.11. The minimum Gasteiger partial charge on any atom is -0.339 e. The summed E-state index contributed by atoms with van der Waals surface area (Å²) in [5, 5.41) is 0. The normalized spacial score (nSPS) is 17.1. The van der Waals surface area contributed by atoms with Crippen LogP contribution < -0.4 is 4.90 Å². The molecule has 2 unspecified atom stereocenters. The lowest BCUT2D eigenvalue weighted by Crippen LogP contribution is -2.28. The number of halogens is 1. The number of para-hydroxylation sites is 2. The van der Waals surface area contributed by atoms with Gasteiger partial charge in [0, 0.05) is 45.2 Å². The van der Waals surface area contributed by atoms with E-state index < -0.39 is 0 Å². The van der Waals surface area contributed by atoms with Gasteiger partial charge in [-0.15, -0.1) is 0 Å². The van der Waals surface area contributed by atoms with E-state index in [-0.39, 0.29) is 0 Å². The predicted octanol–water partition coefficient (Wildman–Crippen LogP) is 8.17. The maximum absolute atomic E-state index is 4.53. The average Bonchev–Trinajstić information content (AvgIpc) is 3.39. The van der Waals surface area contributed by atoms with Gasteiger partial charge >= 0.3 is 0 Å². The topological polar surface area (TPSA) is 22.6 Å². The fourth-order valence-corrected chi connectivity index (χ4v) is 6.92. The second-order valence-electron chi connectivity index (χ2n) is 11.0. The largest absolute Gasteiger partial charge is 0.339 e. The van der Waals surface area contributed by atoms with E-state index in [2.05, 4.69) is 142 Å². The van der Waals surface area contributed by atoms with Crippen molar-refractivity contribution in [2.75, 3.05) is 52.2 Å². The predicted molar refractivity (Wildman–Crippen MR) is 173 cm³/mol. The third-order valence-electron chi connectivity index (χ3n) is 7.64. The molecular weight excluding hydrogens is 576 g/mol. The maximum atomic E-state index is 4.53. The minimum atomic E-state index is 0.358. The fourth-order valence-electron chi connectivity index (χ4n) is 5.56. The van der Waals surface area contributed by atoms with Crippen LogP contribution in [0.25, 0.3) is 0 Å². The van der Waals surface area contributed by atoms with Gasteiger partial charge in [0.1, 0.15) is 0 Å². The lowest BCUT2D eigenvalue weighted by Gasteiger charge is -2.34. The Morgan fingerprint density at radius 1 is 0.900 bits per heavy atom. The number of nitrogens with zero attached hydrogens (tertiary/aromatic N) is 4. The van der Waals surface area contributed by atoms with E-state index in [1.54, 1.807) is 0 Å². The van der Waals surface area contributed by atoms with Gasteiger partial charge in [0.05, 0.1) is 11.4 Å². The van der Waals surface area contributed by atoms with Gasteiger partial charge in [-0.25, -0.2) is 0 Å². The first-order chi connectivity index (χ1) is 19.5. The van der Waals surface area contributed by atoms with Crippen molar-refractivity contribution in [2.24, 2.45) is 5.92 Å². The number of likely N-dealkylation sites (tertiary alicyclic amines) is 1. The Bertz CT molecular complexity index is 1320. The van der Waals surface area contributed by atoms with Crippen LogP contribution in [0.5, 0.6) is 0 Å². The van der Waals surface area contributed by atoms with Crippen LogP contribution in [-0.2, 0) is 0 Å². The number of fused-ring (bicyclic) bond motifs is 2. The van der Waals surface area contributed by atoms with Crippen LogP contribution in [0.1, 0.15) is 30.0 Å². The Morgan fingerprint density at radius 3 is 2.12 bits per heavy atom. The molecule has 4 nitrogen and oxygen atoms in total. The summed E-state index contributed by atoms with van der Waals surface area (Å²) in [6.07, 6.45) is 4.26. The minimum absolute atomic E-state index is 0.358. The zero-order valence-electron chi connectivity index (χ0n) is 23.7. The Labute approximate surface area is 252 Å². The molecule has 3 aromatic carbocycles. The van der Waals surface area contributed by atoms with Crippen molar-refractivity contribution in [1.82, 2.24) is 14.8 Å². The molecule has 0 bridgehead atoms. The first-order valence-corrected chi connectivity index (χ1v) is 15.7. The molecule has 0 radical (unpaired) electrons. The summed E-state index contributed by atoms with van der Waals surface area (Å²) in [4.78, 5) is 14.5. The Hall–Kier alpha value is -2.64. The molecule has 6 heteroatoms. The number of anilines is 2. The highest BCUT2D eigenvalue weighted by Gasteiger charge is 2.28. The Balaban J connectivity index is 0.000000162. The molecule has 1 fully saturated rings. The third kappa shape index (κ3) is 7.35. The zero-order valence-corrected chi connectivity index (χ0v) is 26.1. The Kier molecular flexibility index (Phi) is 9.97. The van der Waals surface area contributed by atoms with E-state index in [0.717, 1.165) is 35.6 Å². The van der Waals surface area contributed by atoms with Gasteiger partial charge in [0.15, 0.2) is 0 Å². The summed E-state index contributed by atoms with van der Waals surface area (Å²) in [7, 11) is 6.45. The van der Waals surface area contributed by atoms with Crippen molar-refractivity contribution >= 4 is 39.1 Å². The quantitative estimate of drug-likeness (QED) is 0.209. The standard InChI is InChI=1S/C18H20N2S.C16H19BrN2/c1-19-11-10-14(12-19)13-20-15-6-2-4-8-17(15)21-18-9-5-3-7-16(18)20;1-19(2)12-10-15(16-5-3-4-11-18-16)13-6-8-14(17)9-7-13/h2-9,14H,10-13H2,1H3;3-9,11,15H,10,12H2,1-2H3. The molecule has 208 valence electrons. The number of hydrogen-bond acceptors (Lipinski definition) is 5. The number of aromatic nitrogens is 1. The highest BCUT2D eigenvalue weighted by Crippen LogP contribution is 2.48. The van der Waals surface area contributed by atoms with E-state index >= 15 is 0 Å². The van der Waals surface area contributed by atoms with Crippen molar-refractivity contribution in [3.05, 3.63) is 113 Å². The molecule has 40 heavy (non-hydrogen) atoms. The van der Waals surface area contributed by atoms with Gasteiger partial charge in [0.25, 0.3) is 0 Å². The van der Waals surface area contributed by atoms with Crippen molar-refractivity contribution in [2.45, 2.75) is 28.6 Å². The summed E-state index contributed by atoms with van der Waals surface area (Å²) in [6, 6.07) is 32.3. The van der Waals surface area contributed by atoms with Crippen LogP contribution in [0, 0.1) is 5.92 Å². The molecule has 2 aliphatic heterocycles. The number of benzene rings is 3. The summed E-state index contributed by atoms with van der Waals surface area (Å²) in [5.41, 5.74) is 5.21. The fraction of sp³-hybridized carbons (Fsp3) is 0.324. The van der Waals surface area contributed by atoms with Gasteiger partial charge in [-0.2, -0.15) is 0 Å².